The van der Waals surface area contributed by atoms with Gasteiger partial charge >= 0.3 is 12.0 Å². The van der Waals surface area contributed by atoms with Crippen molar-refractivity contribution in [3.05, 3.63) is 35.4 Å². The van der Waals surface area contributed by atoms with Gasteiger partial charge < -0.3 is 15.7 Å². The molecule has 5 nitrogen and oxygen atoms in total. The fourth-order valence-electron chi connectivity index (χ4n) is 2.15. The molecule has 1 aliphatic carbocycles. The van der Waals surface area contributed by atoms with Crippen molar-refractivity contribution >= 4 is 12.0 Å². The van der Waals surface area contributed by atoms with Crippen molar-refractivity contribution in [2.75, 3.05) is 0 Å². The van der Waals surface area contributed by atoms with Crippen molar-refractivity contribution in [2.24, 2.45) is 0 Å². The van der Waals surface area contributed by atoms with Crippen molar-refractivity contribution in [2.45, 2.75) is 31.8 Å². The number of carbonyl (C=O) groups excluding carboxylic acids is 1. The van der Waals surface area contributed by atoms with Crippen LogP contribution in [0, 0.1) is 0 Å². The van der Waals surface area contributed by atoms with E-state index in [4.69, 9.17) is 5.11 Å². The topological polar surface area (TPSA) is 78.4 Å². The molecule has 0 fully saturated rings. The van der Waals surface area contributed by atoms with Gasteiger partial charge in [-0.15, -0.1) is 0 Å². The van der Waals surface area contributed by atoms with E-state index in [1.165, 1.54) is 18.1 Å². The maximum absolute atomic E-state index is 11.6. The van der Waals surface area contributed by atoms with Crippen LogP contribution in [0.1, 0.15) is 18.1 Å². The number of carbonyl (C=O) groups is 2. The molecule has 1 aromatic carbocycles. The average molecular weight is 248 g/mol. The van der Waals surface area contributed by atoms with Crippen LogP contribution in [0.5, 0.6) is 0 Å². The summed E-state index contributed by atoms with van der Waals surface area (Å²) >= 11 is 0. The standard InChI is InChI=1S/C13H16N2O3/c1-8(12(16)17)14-13(18)15-11-6-9-4-2-3-5-10(9)7-11/h2-5,8,11H,6-7H2,1H3,(H,16,17)(H2,14,15,18)/t8-/m1/s1. The highest BCUT2D eigenvalue weighted by molar-refractivity contribution is 5.82. The summed E-state index contributed by atoms with van der Waals surface area (Å²) in [5.41, 5.74) is 2.49. The van der Waals surface area contributed by atoms with Gasteiger partial charge in [-0.25, -0.2) is 4.79 Å². The molecule has 0 heterocycles. The molecule has 0 aromatic heterocycles. The van der Waals surface area contributed by atoms with Crippen molar-refractivity contribution in [3.8, 4) is 0 Å². The SMILES string of the molecule is C[C@@H](NC(=O)NC1Cc2ccccc2C1)C(=O)O. The van der Waals surface area contributed by atoms with E-state index in [2.05, 4.69) is 22.8 Å². The van der Waals surface area contributed by atoms with Gasteiger partial charge in [0.05, 0.1) is 0 Å². The fourth-order valence-corrected chi connectivity index (χ4v) is 2.15. The summed E-state index contributed by atoms with van der Waals surface area (Å²) in [6, 6.07) is 6.80. The Balaban J connectivity index is 1.86. The van der Waals surface area contributed by atoms with Gasteiger partial charge in [-0.2, -0.15) is 0 Å². The first kappa shape index (κ1) is 12.4. The minimum Gasteiger partial charge on any atom is -0.480 e. The Hall–Kier alpha value is -2.04. The Bertz CT molecular complexity index is 448. The fraction of sp³-hybridized carbons (Fsp3) is 0.385. The first-order valence-corrected chi connectivity index (χ1v) is 5.93. The second kappa shape index (κ2) is 5.08. The molecule has 2 amide bonds. The van der Waals surface area contributed by atoms with E-state index in [1.54, 1.807) is 0 Å². The van der Waals surface area contributed by atoms with Crippen molar-refractivity contribution < 1.29 is 14.7 Å². The zero-order valence-electron chi connectivity index (χ0n) is 10.1. The predicted octanol–water partition coefficient (Wildman–Crippen LogP) is 0.926. The predicted molar refractivity (Wildman–Crippen MR) is 66.4 cm³/mol. The lowest BCUT2D eigenvalue weighted by Gasteiger charge is -2.15. The van der Waals surface area contributed by atoms with Gasteiger partial charge in [0.15, 0.2) is 0 Å². The maximum Gasteiger partial charge on any atom is 0.325 e. The first-order chi connectivity index (χ1) is 8.56. The summed E-state index contributed by atoms with van der Waals surface area (Å²) in [7, 11) is 0. The molecule has 0 bridgehead atoms. The minimum atomic E-state index is -1.04. The monoisotopic (exact) mass is 248 g/mol. The number of amides is 2. The van der Waals surface area contributed by atoms with E-state index >= 15 is 0 Å². The van der Waals surface area contributed by atoms with Gasteiger partial charge in [-0.1, -0.05) is 24.3 Å². The van der Waals surface area contributed by atoms with E-state index in [-0.39, 0.29) is 6.04 Å². The molecule has 0 saturated carbocycles. The largest absolute Gasteiger partial charge is 0.480 e. The van der Waals surface area contributed by atoms with E-state index in [0.29, 0.717) is 0 Å². The van der Waals surface area contributed by atoms with E-state index < -0.39 is 18.0 Å². The highest BCUT2D eigenvalue weighted by Gasteiger charge is 2.23. The van der Waals surface area contributed by atoms with Crippen LogP contribution in [0.3, 0.4) is 0 Å². The number of rotatable bonds is 3. The van der Waals surface area contributed by atoms with Crippen LogP contribution < -0.4 is 10.6 Å². The average Bonchev–Trinajstić information content (AvgIpc) is 2.70. The highest BCUT2D eigenvalue weighted by atomic mass is 16.4. The second-order valence-corrected chi connectivity index (χ2v) is 4.55. The number of benzene rings is 1. The van der Waals surface area contributed by atoms with Crippen LogP contribution in [0.4, 0.5) is 4.79 Å². The molecule has 0 saturated heterocycles. The van der Waals surface area contributed by atoms with Crippen LogP contribution in [0.2, 0.25) is 0 Å². The van der Waals surface area contributed by atoms with E-state index in [0.717, 1.165) is 12.8 Å². The zero-order valence-corrected chi connectivity index (χ0v) is 10.1. The lowest BCUT2D eigenvalue weighted by atomic mass is 10.1. The summed E-state index contributed by atoms with van der Waals surface area (Å²) in [4.78, 5) is 22.2. The zero-order chi connectivity index (χ0) is 13.1. The van der Waals surface area contributed by atoms with Gasteiger partial charge in [-0.3, -0.25) is 4.79 Å². The summed E-state index contributed by atoms with van der Waals surface area (Å²) in [6.07, 6.45) is 1.59. The first-order valence-electron chi connectivity index (χ1n) is 5.93. The summed E-state index contributed by atoms with van der Waals surface area (Å²) < 4.78 is 0. The number of hydrogen-bond acceptors (Lipinski definition) is 2. The Kier molecular flexibility index (Phi) is 3.50. The molecule has 0 spiro atoms. The molecule has 96 valence electrons. The number of aliphatic carboxylic acids is 1. The molecule has 1 atom stereocenters. The number of carboxylic acid groups (broad SMARTS) is 1. The van der Waals surface area contributed by atoms with Crippen LogP contribution in [0.15, 0.2) is 24.3 Å². The molecule has 2 rings (SSSR count). The molecule has 1 aliphatic rings. The number of carboxylic acids is 1. The molecule has 0 unspecified atom stereocenters. The van der Waals surface area contributed by atoms with Gasteiger partial charge in [-0.05, 0) is 30.9 Å². The van der Waals surface area contributed by atoms with Crippen LogP contribution >= 0.6 is 0 Å². The van der Waals surface area contributed by atoms with Crippen LogP contribution in [-0.2, 0) is 17.6 Å². The number of fused-ring (bicyclic) bond motifs is 1. The van der Waals surface area contributed by atoms with Crippen molar-refractivity contribution in [3.63, 3.8) is 0 Å². The highest BCUT2D eigenvalue weighted by Crippen LogP contribution is 2.21. The lowest BCUT2D eigenvalue weighted by Crippen LogP contribution is -2.48. The molecule has 1 aromatic rings. The molecule has 0 radical (unpaired) electrons. The van der Waals surface area contributed by atoms with Crippen LogP contribution in [0.25, 0.3) is 0 Å². The smallest absolute Gasteiger partial charge is 0.325 e. The normalized spacial score (nSPS) is 15.8. The lowest BCUT2D eigenvalue weighted by molar-refractivity contribution is -0.138. The molecule has 18 heavy (non-hydrogen) atoms. The Morgan fingerprint density at radius 1 is 1.28 bits per heavy atom. The van der Waals surface area contributed by atoms with Crippen molar-refractivity contribution in [1.29, 1.82) is 0 Å². The summed E-state index contributed by atoms with van der Waals surface area (Å²) in [5, 5.41) is 13.9. The number of urea groups is 1. The summed E-state index contributed by atoms with van der Waals surface area (Å²) in [5.74, 6) is -1.04. The molecule has 5 heteroatoms. The molecular weight excluding hydrogens is 232 g/mol. The summed E-state index contributed by atoms with van der Waals surface area (Å²) in [6.45, 7) is 1.44. The van der Waals surface area contributed by atoms with Gasteiger partial charge in [0, 0.05) is 6.04 Å². The van der Waals surface area contributed by atoms with Gasteiger partial charge in [0.25, 0.3) is 0 Å². The van der Waals surface area contributed by atoms with Crippen molar-refractivity contribution in [1.82, 2.24) is 10.6 Å². The molecular formula is C13H16N2O3. The quantitative estimate of drug-likeness (QED) is 0.744. The van der Waals surface area contributed by atoms with Gasteiger partial charge in [0.2, 0.25) is 0 Å². The van der Waals surface area contributed by atoms with E-state index in [9.17, 15) is 9.59 Å². The third-order valence-corrected chi connectivity index (χ3v) is 3.10. The molecule has 3 N–H and O–H groups in total. The Labute approximate surface area is 105 Å². The second-order valence-electron chi connectivity index (χ2n) is 4.55. The van der Waals surface area contributed by atoms with Gasteiger partial charge in [0.1, 0.15) is 6.04 Å². The van der Waals surface area contributed by atoms with E-state index in [1.807, 2.05) is 12.1 Å². The maximum atomic E-state index is 11.6. The Morgan fingerprint density at radius 2 is 1.83 bits per heavy atom. The molecule has 0 aliphatic heterocycles. The third-order valence-electron chi connectivity index (χ3n) is 3.10. The van der Waals surface area contributed by atoms with Crippen LogP contribution in [-0.4, -0.2) is 29.2 Å². The Morgan fingerprint density at radius 3 is 2.33 bits per heavy atom. The minimum absolute atomic E-state index is 0.0448. The third kappa shape index (κ3) is 2.80. The number of hydrogen-bond donors (Lipinski definition) is 3. The number of nitrogens with one attached hydrogen (secondary N) is 2.